The topological polar surface area (TPSA) is 88.2 Å². The summed E-state index contributed by atoms with van der Waals surface area (Å²) < 4.78 is 27.5. The van der Waals surface area contributed by atoms with E-state index in [-0.39, 0.29) is 23.8 Å². The lowest BCUT2D eigenvalue weighted by Crippen LogP contribution is -2.29. The van der Waals surface area contributed by atoms with E-state index in [4.69, 9.17) is 0 Å². The molecule has 2 aromatic rings. The number of amides is 1. The van der Waals surface area contributed by atoms with E-state index in [1.54, 1.807) is 26.0 Å². The number of carbonyl (C=O) groups is 1. The zero-order valence-electron chi connectivity index (χ0n) is 14.9. The molecule has 0 aliphatic carbocycles. The highest BCUT2D eigenvalue weighted by Gasteiger charge is 2.19. The Morgan fingerprint density at radius 1 is 1.08 bits per heavy atom. The second kappa shape index (κ2) is 7.76. The van der Waals surface area contributed by atoms with E-state index in [0.717, 1.165) is 11.3 Å². The standard InChI is InChI=1S/C18H23N3O3S/c1-12-10-13(2)18(14(3)11-12)25(23,24)19-9-8-17(22)21-16-7-5-6-15(4)20-16/h5-7,10-11,19H,8-9H2,1-4H3,(H,20,21,22). The van der Waals surface area contributed by atoms with E-state index in [1.165, 1.54) is 0 Å². The number of pyridine rings is 1. The monoisotopic (exact) mass is 361 g/mol. The fourth-order valence-corrected chi connectivity index (χ4v) is 4.26. The second-order valence-corrected chi connectivity index (χ2v) is 7.79. The summed E-state index contributed by atoms with van der Waals surface area (Å²) >= 11 is 0. The maximum absolute atomic E-state index is 12.5. The van der Waals surface area contributed by atoms with Crippen LogP contribution in [0.1, 0.15) is 28.8 Å². The van der Waals surface area contributed by atoms with Crippen molar-refractivity contribution in [2.24, 2.45) is 0 Å². The number of rotatable bonds is 6. The summed E-state index contributed by atoms with van der Waals surface area (Å²) in [6.45, 7) is 7.31. The normalized spacial score (nSPS) is 11.4. The van der Waals surface area contributed by atoms with Gasteiger partial charge in [0.1, 0.15) is 5.82 Å². The molecule has 0 bridgehead atoms. The molecule has 0 aliphatic rings. The molecule has 0 spiro atoms. The van der Waals surface area contributed by atoms with Crippen LogP contribution < -0.4 is 10.0 Å². The van der Waals surface area contributed by atoms with Gasteiger partial charge in [-0.25, -0.2) is 18.1 Å². The lowest BCUT2D eigenvalue weighted by molar-refractivity contribution is -0.116. The molecule has 25 heavy (non-hydrogen) atoms. The largest absolute Gasteiger partial charge is 0.311 e. The first-order valence-electron chi connectivity index (χ1n) is 8.00. The van der Waals surface area contributed by atoms with Crippen molar-refractivity contribution in [2.75, 3.05) is 11.9 Å². The predicted molar refractivity (Wildman–Crippen MR) is 98.1 cm³/mol. The Morgan fingerprint density at radius 3 is 2.32 bits per heavy atom. The van der Waals surface area contributed by atoms with Gasteiger partial charge in [-0.1, -0.05) is 23.8 Å². The van der Waals surface area contributed by atoms with Crippen LogP contribution in [0.3, 0.4) is 0 Å². The third-order valence-electron chi connectivity index (χ3n) is 3.67. The number of nitrogens with zero attached hydrogens (tertiary/aromatic N) is 1. The van der Waals surface area contributed by atoms with Crippen LogP contribution in [0.2, 0.25) is 0 Å². The smallest absolute Gasteiger partial charge is 0.241 e. The van der Waals surface area contributed by atoms with E-state index < -0.39 is 10.0 Å². The SMILES string of the molecule is Cc1cc(C)c(S(=O)(=O)NCCC(=O)Nc2cccc(C)n2)c(C)c1. The Bertz CT molecular complexity index is 869. The lowest BCUT2D eigenvalue weighted by atomic mass is 10.1. The Balaban J connectivity index is 1.98. The van der Waals surface area contributed by atoms with Crippen molar-refractivity contribution in [2.45, 2.75) is 39.0 Å². The molecule has 1 heterocycles. The van der Waals surface area contributed by atoms with Crippen LogP contribution in [-0.2, 0) is 14.8 Å². The van der Waals surface area contributed by atoms with Crippen LogP contribution in [0.15, 0.2) is 35.2 Å². The van der Waals surface area contributed by atoms with Crippen LogP contribution in [0, 0.1) is 27.7 Å². The van der Waals surface area contributed by atoms with Gasteiger partial charge in [0.2, 0.25) is 15.9 Å². The molecule has 1 amide bonds. The summed E-state index contributed by atoms with van der Waals surface area (Å²) in [6.07, 6.45) is 0.0266. The van der Waals surface area contributed by atoms with E-state index in [1.807, 2.05) is 32.0 Å². The maximum Gasteiger partial charge on any atom is 0.241 e. The number of sulfonamides is 1. The fraction of sp³-hybridized carbons (Fsp3) is 0.333. The highest BCUT2D eigenvalue weighted by Crippen LogP contribution is 2.21. The van der Waals surface area contributed by atoms with E-state index in [9.17, 15) is 13.2 Å². The minimum atomic E-state index is -3.66. The van der Waals surface area contributed by atoms with Gasteiger partial charge in [-0.2, -0.15) is 0 Å². The van der Waals surface area contributed by atoms with Crippen molar-refractivity contribution in [1.82, 2.24) is 9.71 Å². The first-order valence-corrected chi connectivity index (χ1v) is 9.48. The zero-order valence-corrected chi connectivity index (χ0v) is 15.7. The highest BCUT2D eigenvalue weighted by atomic mass is 32.2. The van der Waals surface area contributed by atoms with Crippen molar-refractivity contribution in [1.29, 1.82) is 0 Å². The molecule has 0 saturated carbocycles. The number of hydrogen-bond donors (Lipinski definition) is 2. The quantitative estimate of drug-likeness (QED) is 0.828. The van der Waals surface area contributed by atoms with Crippen LogP contribution in [0.25, 0.3) is 0 Å². The molecule has 0 unspecified atom stereocenters. The van der Waals surface area contributed by atoms with Crippen molar-refractivity contribution >= 4 is 21.7 Å². The van der Waals surface area contributed by atoms with Crippen molar-refractivity contribution < 1.29 is 13.2 Å². The number of nitrogens with one attached hydrogen (secondary N) is 2. The van der Waals surface area contributed by atoms with Crippen molar-refractivity contribution in [3.63, 3.8) is 0 Å². The number of anilines is 1. The van der Waals surface area contributed by atoms with Gasteiger partial charge in [-0.05, 0) is 51.0 Å². The molecule has 0 saturated heterocycles. The predicted octanol–water partition coefficient (Wildman–Crippen LogP) is 2.62. The van der Waals surface area contributed by atoms with Gasteiger partial charge in [0, 0.05) is 18.7 Å². The third kappa shape index (κ3) is 5.11. The zero-order chi connectivity index (χ0) is 18.6. The molecule has 0 radical (unpaired) electrons. The molecule has 7 heteroatoms. The second-order valence-electron chi connectivity index (χ2n) is 6.09. The molecular weight excluding hydrogens is 338 g/mol. The fourth-order valence-electron chi connectivity index (χ4n) is 2.78. The van der Waals surface area contributed by atoms with Crippen LogP contribution in [0.5, 0.6) is 0 Å². The van der Waals surface area contributed by atoms with Crippen LogP contribution in [0.4, 0.5) is 5.82 Å². The Labute approximate surface area is 148 Å². The third-order valence-corrected chi connectivity index (χ3v) is 5.44. The Kier molecular flexibility index (Phi) is 5.92. The van der Waals surface area contributed by atoms with Gasteiger partial charge >= 0.3 is 0 Å². The molecule has 0 fully saturated rings. The summed E-state index contributed by atoms with van der Waals surface area (Å²) in [5.41, 5.74) is 3.19. The molecular formula is C18H23N3O3S. The summed E-state index contributed by atoms with van der Waals surface area (Å²) in [6, 6.07) is 8.98. The van der Waals surface area contributed by atoms with Crippen LogP contribution >= 0.6 is 0 Å². The number of aryl methyl sites for hydroxylation is 4. The molecule has 0 atom stereocenters. The summed E-state index contributed by atoms with van der Waals surface area (Å²) in [4.78, 5) is 16.4. The van der Waals surface area contributed by atoms with Gasteiger partial charge < -0.3 is 5.32 Å². The molecule has 2 N–H and O–H groups in total. The van der Waals surface area contributed by atoms with Crippen LogP contribution in [-0.4, -0.2) is 25.9 Å². The molecule has 0 aliphatic heterocycles. The summed E-state index contributed by atoms with van der Waals surface area (Å²) in [5.74, 6) is 0.163. The average Bonchev–Trinajstić information content (AvgIpc) is 2.45. The number of carbonyl (C=O) groups excluding carboxylic acids is 1. The lowest BCUT2D eigenvalue weighted by Gasteiger charge is -2.13. The Hall–Kier alpha value is -2.25. The van der Waals surface area contributed by atoms with Crippen molar-refractivity contribution in [3.8, 4) is 0 Å². The maximum atomic E-state index is 12.5. The van der Waals surface area contributed by atoms with Crippen molar-refractivity contribution in [3.05, 3.63) is 52.7 Å². The minimum absolute atomic E-state index is 0.0206. The minimum Gasteiger partial charge on any atom is -0.311 e. The van der Waals surface area contributed by atoms with Gasteiger partial charge in [-0.3, -0.25) is 4.79 Å². The number of aromatic nitrogens is 1. The molecule has 134 valence electrons. The highest BCUT2D eigenvalue weighted by molar-refractivity contribution is 7.89. The van der Waals surface area contributed by atoms with E-state index in [0.29, 0.717) is 16.9 Å². The molecule has 1 aromatic heterocycles. The van der Waals surface area contributed by atoms with E-state index >= 15 is 0 Å². The average molecular weight is 361 g/mol. The van der Waals surface area contributed by atoms with Gasteiger partial charge in [0.25, 0.3) is 0 Å². The Morgan fingerprint density at radius 2 is 1.72 bits per heavy atom. The van der Waals surface area contributed by atoms with Gasteiger partial charge in [0.05, 0.1) is 4.90 Å². The molecule has 6 nitrogen and oxygen atoms in total. The first-order chi connectivity index (χ1) is 11.7. The summed E-state index contributed by atoms with van der Waals surface area (Å²) in [7, 11) is -3.66. The molecule has 2 rings (SSSR count). The van der Waals surface area contributed by atoms with E-state index in [2.05, 4.69) is 15.0 Å². The van der Waals surface area contributed by atoms with Gasteiger partial charge in [-0.15, -0.1) is 0 Å². The number of hydrogen-bond acceptors (Lipinski definition) is 4. The van der Waals surface area contributed by atoms with Gasteiger partial charge in [0.15, 0.2) is 0 Å². The number of benzene rings is 1. The first kappa shape index (κ1) is 19.1. The summed E-state index contributed by atoms with van der Waals surface area (Å²) in [5, 5.41) is 2.65. The molecule has 1 aromatic carbocycles.